The highest BCUT2D eigenvalue weighted by atomic mass is 16.6. The largest absolute Gasteiger partial charge is 0.338 e. The van der Waals surface area contributed by atoms with E-state index in [1.165, 1.54) is 0 Å². The molecule has 17 heavy (non-hydrogen) atoms. The minimum Gasteiger partial charge on any atom is -0.338 e. The maximum absolute atomic E-state index is 12.2. The molecule has 1 fully saturated rings. The predicted molar refractivity (Wildman–Crippen MR) is 63.0 cm³/mol. The number of carbonyl (C=O) groups excluding carboxylic acids is 1. The summed E-state index contributed by atoms with van der Waals surface area (Å²) in [6.07, 6.45) is 5.33. The smallest absolute Gasteiger partial charge is 0.255 e. The van der Waals surface area contributed by atoms with Crippen LogP contribution in [0.1, 0.15) is 23.2 Å². The molecule has 0 spiro atoms. The van der Waals surface area contributed by atoms with Crippen LogP contribution in [-0.4, -0.2) is 35.5 Å². The molecule has 1 saturated heterocycles. The topological polar surface area (TPSA) is 68.5 Å². The molecule has 92 valence electrons. The van der Waals surface area contributed by atoms with Crippen molar-refractivity contribution in [1.82, 2.24) is 9.88 Å². The summed E-state index contributed by atoms with van der Waals surface area (Å²) in [7, 11) is 0. The van der Waals surface area contributed by atoms with Gasteiger partial charge in [-0.15, -0.1) is 0 Å². The van der Waals surface area contributed by atoms with Gasteiger partial charge in [-0.1, -0.05) is 0 Å². The predicted octanol–water partition coefficient (Wildman–Crippen LogP) is 0.824. The Labute approximate surface area is 101 Å². The number of aromatic nitrogens is 1. The number of hydrogen-bond acceptors (Lipinski definition) is 4. The lowest BCUT2D eigenvalue weighted by molar-refractivity contribution is 0.0471. The van der Waals surface area contributed by atoms with Crippen LogP contribution in [0.3, 0.4) is 0 Å². The zero-order valence-corrected chi connectivity index (χ0v) is 9.71. The number of rotatable bonds is 3. The SMILES string of the molecule is NOCC1CCCN(C(=O)c2cccnc2)C1. The molecule has 0 bridgehead atoms. The minimum atomic E-state index is 0.0415. The molecule has 1 aliphatic heterocycles. The lowest BCUT2D eigenvalue weighted by Crippen LogP contribution is -2.41. The van der Waals surface area contributed by atoms with Crippen LogP contribution in [0.2, 0.25) is 0 Å². The molecule has 1 aromatic rings. The Balaban J connectivity index is 2.00. The van der Waals surface area contributed by atoms with Crippen molar-refractivity contribution < 1.29 is 9.63 Å². The number of pyridine rings is 1. The highest BCUT2D eigenvalue weighted by molar-refractivity contribution is 5.93. The van der Waals surface area contributed by atoms with Gasteiger partial charge in [0, 0.05) is 31.4 Å². The van der Waals surface area contributed by atoms with Gasteiger partial charge in [0.25, 0.3) is 5.91 Å². The molecular formula is C12H17N3O2. The van der Waals surface area contributed by atoms with Crippen molar-refractivity contribution in [2.24, 2.45) is 11.8 Å². The Morgan fingerprint density at radius 2 is 2.53 bits per heavy atom. The van der Waals surface area contributed by atoms with E-state index >= 15 is 0 Å². The molecule has 2 heterocycles. The van der Waals surface area contributed by atoms with Crippen LogP contribution < -0.4 is 5.90 Å². The Hall–Kier alpha value is -1.46. The van der Waals surface area contributed by atoms with Crippen molar-refractivity contribution in [3.8, 4) is 0 Å². The highest BCUT2D eigenvalue weighted by Gasteiger charge is 2.24. The normalized spacial score (nSPS) is 20.3. The fraction of sp³-hybridized carbons (Fsp3) is 0.500. The van der Waals surface area contributed by atoms with Gasteiger partial charge in [0.15, 0.2) is 0 Å². The molecule has 1 unspecified atom stereocenters. The second-order valence-electron chi connectivity index (χ2n) is 4.33. The van der Waals surface area contributed by atoms with Gasteiger partial charge in [-0.3, -0.25) is 9.78 Å². The zero-order chi connectivity index (χ0) is 12.1. The lowest BCUT2D eigenvalue weighted by atomic mass is 9.98. The molecule has 2 rings (SSSR count). The Morgan fingerprint density at radius 3 is 3.24 bits per heavy atom. The first-order chi connectivity index (χ1) is 8.31. The van der Waals surface area contributed by atoms with Gasteiger partial charge in [0.1, 0.15) is 0 Å². The third-order valence-corrected chi connectivity index (χ3v) is 3.05. The summed E-state index contributed by atoms with van der Waals surface area (Å²) >= 11 is 0. The first-order valence-electron chi connectivity index (χ1n) is 5.82. The number of likely N-dealkylation sites (tertiary alicyclic amines) is 1. The Kier molecular flexibility index (Phi) is 4.06. The van der Waals surface area contributed by atoms with Crippen molar-refractivity contribution >= 4 is 5.91 Å². The number of piperidine rings is 1. The highest BCUT2D eigenvalue weighted by Crippen LogP contribution is 2.18. The maximum atomic E-state index is 12.2. The quantitative estimate of drug-likeness (QED) is 0.788. The van der Waals surface area contributed by atoms with E-state index < -0.39 is 0 Å². The average Bonchev–Trinajstić information content (AvgIpc) is 2.40. The molecule has 0 aromatic carbocycles. The van der Waals surface area contributed by atoms with E-state index in [0.717, 1.165) is 19.4 Å². The standard InChI is InChI=1S/C12H17N3O2/c13-17-9-10-3-2-6-15(8-10)12(16)11-4-1-5-14-7-11/h1,4-5,7,10H,2-3,6,8-9,13H2. The van der Waals surface area contributed by atoms with E-state index in [0.29, 0.717) is 24.6 Å². The second kappa shape index (κ2) is 5.75. The zero-order valence-electron chi connectivity index (χ0n) is 9.71. The van der Waals surface area contributed by atoms with Gasteiger partial charge in [-0.25, -0.2) is 5.90 Å². The molecule has 1 amide bonds. The number of carbonyl (C=O) groups is 1. The number of nitrogens with two attached hydrogens (primary N) is 1. The molecule has 0 radical (unpaired) electrons. The van der Waals surface area contributed by atoms with Gasteiger partial charge in [0.05, 0.1) is 12.2 Å². The average molecular weight is 235 g/mol. The first kappa shape index (κ1) is 12.0. The van der Waals surface area contributed by atoms with Gasteiger partial charge >= 0.3 is 0 Å². The summed E-state index contributed by atoms with van der Waals surface area (Å²) in [6.45, 7) is 2.02. The molecule has 5 nitrogen and oxygen atoms in total. The third kappa shape index (κ3) is 3.01. The van der Waals surface area contributed by atoms with Crippen LogP contribution in [0.4, 0.5) is 0 Å². The molecule has 5 heteroatoms. The molecule has 1 atom stereocenters. The molecule has 2 N–H and O–H groups in total. The van der Waals surface area contributed by atoms with Crippen LogP contribution >= 0.6 is 0 Å². The van der Waals surface area contributed by atoms with E-state index in [9.17, 15) is 4.79 Å². The van der Waals surface area contributed by atoms with Crippen molar-refractivity contribution in [3.05, 3.63) is 30.1 Å². The van der Waals surface area contributed by atoms with Crippen molar-refractivity contribution in [3.63, 3.8) is 0 Å². The Morgan fingerprint density at radius 1 is 1.65 bits per heavy atom. The summed E-state index contributed by atoms with van der Waals surface area (Å²) in [5, 5.41) is 0. The van der Waals surface area contributed by atoms with E-state index in [1.54, 1.807) is 24.5 Å². The van der Waals surface area contributed by atoms with Gasteiger partial charge in [-0.2, -0.15) is 0 Å². The number of amides is 1. The minimum absolute atomic E-state index is 0.0415. The lowest BCUT2D eigenvalue weighted by Gasteiger charge is -2.32. The van der Waals surface area contributed by atoms with Gasteiger partial charge < -0.3 is 9.74 Å². The number of hydrogen-bond donors (Lipinski definition) is 1. The van der Waals surface area contributed by atoms with Gasteiger partial charge in [0.2, 0.25) is 0 Å². The molecule has 1 aliphatic rings. The van der Waals surface area contributed by atoms with E-state index in [2.05, 4.69) is 9.82 Å². The van der Waals surface area contributed by atoms with Crippen LogP contribution in [-0.2, 0) is 4.84 Å². The van der Waals surface area contributed by atoms with Crippen LogP contribution in [0, 0.1) is 5.92 Å². The monoisotopic (exact) mass is 235 g/mol. The maximum Gasteiger partial charge on any atom is 0.255 e. The van der Waals surface area contributed by atoms with Crippen LogP contribution in [0.15, 0.2) is 24.5 Å². The molecule has 1 aromatic heterocycles. The fourth-order valence-corrected chi connectivity index (χ4v) is 2.19. The van der Waals surface area contributed by atoms with Crippen molar-refractivity contribution in [2.75, 3.05) is 19.7 Å². The third-order valence-electron chi connectivity index (χ3n) is 3.05. The summed E-state index contributed by atoms with van der Waals surface area (Å²) in [6, 6.07) is 3.57. The Bertz CT molecular complexity index is 367. The summed E-state index contributed by atoms with van der Waals surface area (Å²) < 4.78 is 0. The van der Waals surface area contributed by atoms with E-state index in [-0.39, 0.29) is 5.91 Å². The summed E-state index contributed by atoms with van der Waals surface area (Å²) in [5.74, 6) is 5.46. The fourth-order valence-electron chi connectivity index (χ4n) is 2.19. The molecular weight excluding hydrogens is 218 g/mol. The van der Waals surface area contributed by atoms with Crippen LogP contribution in [0.25, 0.3) is 0 Å². The van der Waals surface area contributed by atoms with E-state index in [4.69, 9.17) is 5.90 Å². The molecule has 0 saturated carbocycles. The molecule has 0 aliphatic carbocycles. The number of nitrogens with zero attached hydrogens (tertiary/aromatic N) is 2. The summed E-state index contributed by atoms with van der Waals surface area (Å²) in [4.78, 5) is 22.6. The van der Waals surface area contributed by atoms with Gasteiger partial charge in [-0.05, 0) is 25.0 Å². The van der Waals surface area contributed by atoms with Crippen molar-refractivity contribution in [1.29, 1.82) is 0 Å². The summed E-state index contributed by atoms with van der Waals surface area (Å²) in [5.41, 5.74) is 0.641. The first-order valence-corrected chi connectivity index (χ1v) is 5.82. The second-order valence-corrected chi connectivity index (χ2v) is 4.33. The van der Waals surface area contributed by atoms with Crippen molar-refractivity contribution in [2.45, 2.75) is 12.8 Å². The van der Waals surface area contributed by atoms with Crippen LogP contribution in [0.5, 0.6) is 0 Å². The van der Waals surface area contributed by atoms with E-state index in [1.807, 2.05) is 4.90 Å².